The Labute approximate surface area is 246 Å². The molecule has 42 heavy (non-hydrogen) atoms. The van der Waals surface area contributed by atoms with E-state index in [1.807, 2.05) is 0 Å². The lowest BCUT2D eigenvalue weighted by Crippen LogP contribution is -2.56. The molecular weight excluding hydrogens is 560 g/mol. The number of pyridine rings is 1. The number of nitrogens with one attached hydrogen (secondary N) is 1. The Morgan fingerprint density at radius 1 is 1.12 bits per heavy atom. The van der Waals surface area contributed by atoms with Crippen molar-refractivity contribution in [2.75, 3.05) is 25.0 Å². The number of aliphatic hydroxyl groups is 1. The summed E-state index contributed by atoms with van der Waals surface area (Å²) in [6, 6.07) is 9.52. The Morgan fingerprint density at radius 3 is 2.64 bits per heavy atom. The van der Waals surface area contributed by atoms with Crippen LogP contribution in [0.1, 0.15) is 62.6 Å². The summed E-state index contributed by atoms with van der Waals surface area (Å²) < 4.78 is 28.0. The quantitative estimate of drug-likeness (QED) is 0.310. The Hall–Kier alpha value is -3.06. The van der Waals surface area contributed by atoms with Gasteiger partial charge in [-0.2, -0.15) is 4.31 Å². The highest BCUT2D eigenvalue weighted by atomic mass is 32.2. The van der Waals surface area contributed by atoms with Crippen LogP contribution in [0.25, 0.3) is 0 Å². The van der Waals surface area contributed by atoms with Crippen molar-refractivity contribution in [3.63, 3.8) is 0 Å². The first-order valence-corrected chi connectivity index (χ1v) is 16.4. The number of piperidine rings is 1. The SMILES string of the molecule is O=C(ON(C1CC(CCc2ccc3c(n2)NCCC3)C1)[C@@H](CCO)C(=O)O)C1CCCCN1S(=O)(=O)c1ccccc1. The van der Waals surface area contributed by atoms with E-state index >= 15 is 0 Å². The highest BCUT2D eigenvalue weighted by molar-refractivity contribution is 7.89. The van der Waals surface area contributed by atoms with E-state index in [0.29, 0.717) is 31.6 Å². The van der Waals surface area contributed by atoms with Gasteiger partial charge in [-0.25, -0.2) is 18.2 Å². The van der Waals surface area contributed by atoms with Crippen LogP contribution in [0.4, 0.5) is 5.82 Å². The molecule has 12 heteroatoms. The third kappa shape index (κ3) is 6.77. The monoisotopic (exact) mass is 600 g/mol. The lowest BCUT2D eigenvalue weighted by molar-refractivity contribution is -0.237. The fourth-order valence-corrected chi connectivity index (χ4v) is 7.87. The number of sulfonamides is 1. The zero-order chi connectivity index (χ0) is 29.7. The lowest BCUT2D eigenvalue weighted by Gasteiger charge is -2.44. The maximum Gasteiger partial charge on any atom is 0.343 e. The minimum atomic E-state index is -3.95. The number of hydroxylamine groups is 2. The second kappa shape index (κ2) is 13.5. The minimum absolute atomic E-state index is 0.0938. The van der Waals surface area contributed by atoms with Crippen molar-refractivity contribution in [2.45, 2.75) is 87.2 Å². The van der Waals surface area contributed by atoms with E-state index < -0.39 is 40.7 Å². The number of carbonyl (C=O) groups excluding carboxylic acids is 1. The van der Waals surface area contributed by atoms with Crippen LogP contribution in [-0.4, -0.2) is 82.7 Å². The number of nitrogens with zero attached hydrogens (tertiary/aromatic N) is 3. The molecule has 2 atom stereocenters. The molecule has 1 unspecified atom stereocenters. The predicted octanol–water partition coefficient (Wildman–Crippen LogP) is 2.99. The second-order valence-corrected chi connectivity index (χ2v) is 13.3. The van der Waals surface area contributed by atoms with Crippen molar-refractivity contribution in [3.8, 4) is 0 Å². The van der Waals surface area contributed by atoms with Gasteiger partial charge in [-0.15, -0.1) is 5.06 Å². The van der Waals surface area contributed by atoms with Crippen LogP contribution in [0.15, 0.2) is 47.4 Å². The number of benzene rings is 1. The molecule has 3 aliphatic rings. The molecule has 0 radical (unpaired) electrons. The number of aryl methyl sites for hydroxylation is 2. The van der Waals surface area contributed by atoms with Crippen LogP contribution < -0.4 is 5.32 Å². The van der Waals surface area contributed by atoms with Gasteiger partial charge >= 0.3 is 11.9 Å². The van der Waals surface area contributed by atoms with Crippen LogP contribution in [0.5, 0.6) is 0 Å². The second-order valence-electron chi connectivity index (χ2n) is 11.4. The number of hydrogen-bond donors (Lipinski definition) is 3. The standard InChI is InChI=1S/C30H40N4O7S/c35-18-15-26(29(36)37)34(24-19-21(20-24)11-13-23-14-12-22-7-6-16-31-28(22)32-23)41-30(38)27-10-4-5-17-33(27)42(39,40)25-8-2-1-3-9-25/h1-3,8-9,12,14,21,24,26-27,35H,4-7,10-11,13,15-20H2,(H,31,32)(H,36,37)/t21?,24?,26-,27?/m0/s1. The predicted molar refractivity (Wildman–Crippen MR) is 155 cm³/mol. The van der Waals surface area contributed by atoms with Gasteiger partial charge in [0.1, 0.15) is 17.9 Å². The summed E-state index contributed by atoms with van der Waals surface area (Å²) in [4.78, 5) is 36.4. The molecule has 1 saturated carbocycles. The van der Waals surface area contributed by atoms with Gasteiger partial charge in [0, 0.05) is 31.4 Å². The summed E-state index contributed by atoms with van der Waals surface area (Å²) >= 11 is 0. The fourth-order valence-electron chi connectivity index (χ4n) is 6.20. The maximum absolute atomic E-state index is 13.5. The van der Waals surface area contributed by atoms with E-state index in [1.54, 1.807) is 18.2 Å². The molecule has 2 aliphatic heterocycles. The van der Waals surface area contributed by atoms with Gasteiger partial charge < -0.3 is 20.4 Å². The highest BCUT2D eigenvalue weighted by Crippen LogP contribution is 2.37. The Morgan fingerprint density at radius 2 is 1.90 bits per heavy atom. The van der Waals surface area contributed by atoms with Gasteiger partial charge in [-0.05, 0) is 93.9 Å². The van der Waals surface area contributed by atoms with Gasteiger partial charge in [0.25, 0.3) is 0 Å². The largest absolute Gasteiger partial charge is 0.480 e. The third-order valence-electron chi connectivity index (χ3n) is 8.60. The van der Waals surface area contributed by atoms with Crippen molar-refractivity contribution >= 4 is 27.8 Å². The normalized spacial score (nSPS) is 23.3. The summed E-state index contributed by atoms with van der Waals surface area (Å²) in [6.07, 6.45) is 6.48. The molecule has 1 aromatic carbocycles. The third-order valence-corrected chi connectivity index (χ3v) is 10.5. The number of anilines is 1. The maximum atomic E-state index is 13.5. The molecule has 1 saturated heterocycles. The number of carboxylic acid groups (broad SMARTS) is 1. The van der Waals surface area contributed by atoms with Crippen LogP contribution in [0, 0.1) is 5.92 Å². The van der Waals surface area contributed by atoms with Gasteiger partial charge in [-0.1, -0.05) is 24.3 Å². The van der Waals surface area contributed by atoms with E-state index in [9.17, 15) is 28.2 Å². The summed E-state index contributed by atoms with van der Waals surface area (Å²) in [5.41, 5.74) is 2.25. The van der Waals surface area contributed by atoms with Gasteiger partial charge in [-0.3, -0.25) is 4.79 Å². The summed E-state index contributed by atoms with van der Waals surface area (Å²) in [7, 11) is -3.95. The molecule has 2 fully saturated rings. The average molecular weight is 601 g/mol. The zero-order valence-electron chi connectivity index (χ0n) is 23.7. The first-order chi connectivity index (χ1) is 20.3. The Kier molecular flexibility index (Phi) is 9.77. The number of aliphatic hydroxyl groups excluding tert-OH is 1. The molecular formula is C30H40N4O7S. The lowest BCUT2D eigenvalue weighted by atomic mass is 9.76. The number of aliphatic carboxylic acids is 1. The highest BCUT2D eigenvalue weighted by Gasteiger charge is 2.45. The number of fused-ring (bicyclic) bond motifs is 1. The number of rotatable bonds is 12. The van der Waals surface area contributed by atoms with Crippen LogP contribution in [-0.2, 0) is 37.3 Å². The first-order valence-electron chi connectivity index (χ1n) is 14.9. The summed E-state index contributed by atoms with van der Waals surface area (Å²) in [5, 5.41) is 24.1. The van der Waals surface area contributed by atoms with Crippen molar-refractivity contribution < 1.29 is 33.1 Å². The molecule has 2 aromatic rings. The van der Waals surface area contributed by atoms with E-state index in [-0.39, 0.29) is 30.3 Å². The Bertz CT molecular complexity index is 1350. The molecule has 1 aromatic heterocycles. The first kappa shape index (κ1) is 30.4. The fraction of sp³-hybridized carbons (Fsp3) is 0.567. The van der Waals surface area contributed by atoms with Gasteiger partial charge in [0.15, 0.2) is 0 Å². The van der Waals surface area contributed by atoms with Crippen LogP contribution in [0.3, 0.4) is 0 Å². The number of carbonyl (C=O) groups is 2. The number of carboxylic acids is 1. The van der Waals surface area contributed by atoms with Crippen LogP contribution >= 0.6 is 0 Å². The molecule has 3 heterocycles. The summed E-state index contributed by atoms with van der Waals surface area (Å²) in [5.74, 6) is -0.728. The average Bonchev–Trinajstić information content (AvgIpc) is 2.98. The van der Waals surface area contributed by atoms with Crippen molar-refractivity contribution in [3.05, 3.63) is 53.7 Å². The molecule has 0 amide bonds. The van der Waals surface area contributed by atoms with Crippen molar-refractivity contribution in [2.24, 2.45) is 5.92 Å². The molecule has 0 spiro atoms. The summed E-state index contributed by atoms with van der Waals surface area (Å²) in [6.45, 7) is 0.711. The molecule has 11 nitrogen and oxygen atoms in total. The number of aromatic nitrogens is 1. The van der Waals surface area contributed by atoms with E-state index in [1.165, 1.54) is 27.1 Å². The molecule has 3 N–H and O–H groups in total. The van der Waals surface area contributed by atoms with Crippen molar-refractivity contribution in [1.82, 2.24) is 14.4 Å². The van der Waals surface area contributed by atoms with Crippen LogP contribution in [0.2, 0.25) is 0 Å². The minimum Gasteiger partial charge on any atom is -0.480 e. The molecule has 5 rings (SSSR count). The van der Waals surface area contributed by atoms with E-state index in [0.717, 1.165) is 43.7 Å². The zero-order valence-corrected chi connectivity index (χ0v) is 24.5. The van der Waals surface area contributed by atoms with E-state index in [2.05, 4.69) is 17.4 Å². The van der Waals surface area contributed by atoms with Crippen molar-refractivity contribution in [1.29, 1.82) is 0 Å². The molecule has 228 valence electrons. The smallest absolute Gasteiger partial charge is 0.343 e. The Balaban J connectivity index is 1.25. The van der Waals surface area contributed by atoms with E-state index in [4.69, 9.17) is 9.82 Å². The van der Waals surface area contributed by atoms with Gasteiger partial charge in [0.05, 0.1) is 4.90 Å². The number of hydrogen-bond acceptors (Lipinski definition) is 9. The molecule has 1 aliphatic carbocycles. The molecule has 0 bridgehead atoms. The topological polar surface area (TPSA) is 149 Å². The van der Waals surface area contributed by atoms with Gasteiger partial charge in [0.2, 0.25) is 10.0 Å².